The molecule has 3 aromatic rings. The molecule has 9 nitrogen and oxygen atoms in total. The van der Waals surface area contributed by atoms with Gasteiger partial charge in [0.1, 0.15) is 10.0 Å². The summed E-state index contributed by atoms with van der Waals surface area (Å²) >= 11 is 1.29. The highest BCUT2D eigenvalue weighted by Crippen LogP contribution is 2.34. The Morgan fingerprint density at radius 3 is 2.85 bits per heavy atom. The zero-order valence-corrected chi connectivity index (χ0v) is 19.3. The van der Waals surface area contributed by atoms with Crippen LogP contribution in [0.15, 0.2) is 36.5 Å². The molecular formula is C23H23N5O4S. The van der Waals surface area contributed by atoms with Crippen molar-refractivity contribution in [3.8, 4) is 22.4 Å². The van der Waals surface area contributed by atoms with Gasteiger partial charge < -0.3 is 20.1 Å². The monoisotopic (exact) mass is 465 g/mol. The van der Waals surface area contributed by atoms with Crippen molar-refractivity contribution < 1.29 is 19.4 Å². The van der Waals surface area contributed by atoms with Gasteiger partial charge >= 0.3 is 5.97 Å². The van der Waals surface area contributed by atoms with Gasteiger partial charge in [0.15, 0.2) is 11.5 Å². The van der Waals surface area contributed by atoms with Gasteiger partial charge in [-0.1, -0.05) is 35.3 Å². The molecule has 0 spiro atoms. The van der Waals surface area contributed by atoms with Crippen molar-refractivity contribution in [1.82, 2.24) is 19.7 Å². The molecular weight excluding hydrogens is 442 g/mol. The molecule has 1 aliphatic heterocycles. The molecule has 4 rings (SSSR count). The number of nitrogens with one attached hydrogen (secondary N) is 1. The summed E-state index contributed by atoms with van der Waals surface area (Å²) in [6, 6.07) is 9.04. The number of likely N-dealkylation sites (tertiary alicyclic amines) is 1. The number of aliphatic hydroxyl groups is 1. The van der Waals surface area contributed by atoms with Gasteiger partial charge in [-0.15, -0.1) is 0 Å². The maximum Gasteiger partial charge on any atom is 0.360 e. The molecule has 0 radical (unpaired) electrons. The van der Waals surface area contributed by atoms with Gasteiger partial charge in [0, 0.05) is 50.5 Å². The van der Waals surface area contributed by atoms with Crippen LogP contribution in [-0.4, -0.2) is 62.4 Å². The second-order valence-electron chi connectivity index (χ2n) is 7.58. The lowest BCUT2D eigenvalue weighted by atomic mass is 10.0. The second-order valence-corrected chi connectivity index (χ2v) is 8.58. The first kappa shape index (κ1) is 22.5. The zero-order chi connectivity index (χ0) is 23.6. The Morgan fingerprint density at radius 2 is 2.18 bits per heavy atom. The number of hydrogen-bond donors (Lipinski definition) is 2. The Balaban J connectivity index is 1.65. The lowest BCUT2D eigenvalue weighted by Crippen LogP contribution is -2.37. The summed E-state index contributed by atoms with van der Waals surface area (Å²) in [5, 5.41) is 19.1. The van der Waals surface area contributed by atoms with Crippen LogP contribution in [0.25, 0.3) is 10.6 Å². The molecule has 0 aliphatic carbocycles. The zero-order valence-electron chi connectivity index (χ0n) is 18.5. The molecule has 170 valence electrons. The fourth-order valence-corrected chi connectivity index (χ4v) is 4.30. The smallest absolute Gasteiger partial charge is 0.360 e. The fraction of sp³-hybridized carbons (Fsp3) is 0.304. The Labute approximate surface area is 195 Å². The molecule has 0 saturated carbocycles. The van der Waals surface area contributed by atoms with Gasteiger partial charge in [0.05, 0.1) is 6.61 Å². The summed E-state index contributed by atoms with van der Waals surface area (Å²) in [6.07, 6.45) is 2.06. The Morgan fingerprint density at radius 1 is 1.36 bits per heavy atom. The van der Waals surface area contributed by atoms with Crippen LogP contribution in [0.1, 0.15) is 29.4 Å². The first-order valence-electron chi connectivity index (χ1n) is 10.4. The van der Waals surface area contributed by atoms with Crippen LogP contribution in [-0.2, 0) is 16.6 Å². The van der Waals surface area contributed by atoms with Crippen LogP contribution in [0, 0.1) is 11.8 Å². The third kappa shape index (κ3) is 4.74. The van der Waals surface area contributed by atoms with E-state index in [1.165, 1.54) is 16.2 Å². The van der Waals surface area contributed by atoms with Crippen molar-refractivity contribution in [2.45, 2.75) is 18.9 Å². The van der Waals surface area contributed by atoms with Crippen LogP contribution < -0.4 is 5.32 Å². The van der Waals surface area contributed by atoms with Crippen molar-refractivity contribution in [2.75, 3.05) is 25.5 Å². The van der Waals surface area contributed by atoms with E-state index < -0.39 is 17.5 Å². The minimum atomic E-state index is -1.66. The van der Waals surface area contributed by atoms with Gasteiger partial charge in [0.25, 0.3) is 5.91 Å². The van der Waals surface area contributed by atoms with Crippen LogP contribution in [0.4, 0.5) is 10.8 Å². The SMILES string of the molecule is CCOC(=O)c1nc(-c2cccc(C#C[C@]3(O)CCN(C)C3=O)c2)sc1Nc1ccn(C)n1. The molecule has 2 aromatic heterocycles. The number of amides is 1. The Bertz CT molecular complexity index is 1270. The quantitative estimate of drug-likeness (QED) is 0.440. The molecule has 10 heteroatoms. The van der Waals surface area contributed by atoms with Crippen molar-refractivity contribution in [1.29, 1.82) is 0 Å². The van der Waals surface area contributed by atoms with E-state index >= 15 is 0 Å². The molecule has 0 unspecified atom stereocenters. The van der Waals surface area contributed by atoms with E-state index in [0.717, 1.165) is 5.56 Å². The highest BCUT2D eigenvalue weighted by molar-refractivity contribution is 7.19. The number of aromatic nitrogens is 3. The number of ether oxygens (including phenoxy) is 1. The fourth-order valence-electron chi connectivity index (χ4n) is 3.34. The molecule has 1 aromatic carbocycles. The van der Waals surface area contributed by atoms with Gasteiger partial charge in [0.2, 0.25) is 5.60 Å². The number of benzene rings is 1. The van der Waals surface area contributed by atoms with Crippen LogP contribution in [0.3, 0.4) is 0 Å². The third-order valence-electron chi connectivity index (χ3n) is 5.08. The highest BCUT2D eigenvalue weighted by Gasteiger charge is 2.42. The van der Waals surface area contributed by atoms with Crippen molar-refractivity contribution >= 4 is 34.0 Å². The lowest BCUT2D eigenvalue weighted by Gasteiger charge is -2.13. The van der Waals surface area contributed by atoms with Crippen LogP contribution >= 0.6 is 11.3 Å². The van der Waals surface area contributed by atoms with E-state index in [9.17, 15) is 14.7 Å². The standard InChI is InChI=1S/C23H23N5O4S/c1-4-32-21(29)18-20(24-17-9-12-28(3)26-17)33-19(25-18)16-7-5-6-15(14-16)8-10-23(31)11-13-27(2)22(23)30/h5-7,9,12,14,31H,4,11,13H2,1-3H3,(H,24,26)/t23-/m0/s1. The molecule has 0 bridgehead atoms. The number of thiazole rings is 1. The maximum atomic E-state index is 12.5. The predicted octanol–water partition coefficient (Wildman–Crippen LogP) is 2.41. The molecule has 1 saturated heterocycles. The third-order valence-corrected chi connectivity index (χ3v) is 6.10. The number of nitrogens with zero attached hydrogens (tertiary/aromatic N) is 4. The maximum absolute atomic E-state index is 12.5. The van der Waals surface area contributed by atoms with Gasteiger partial charge in [-0.25, -0.2) is 9.78 Å². The predicted molar refractivity (Wildman–Crippen MR) is 124 cm³/mol. The summed E-state index contributed by atoms with van der Waals surface area (Å²) < 4.78 is 6.81. The topological polar surface area (TPSA) is 110 Å². The second kappa shape index (κ2) is 9.05. The molecule has 1 amide bonds. The average Bonchev–Trinajstić information content (AvgIpc) is 3.48. The number of aryl methyl sites for hydroxylation is 1. The summed E-state index contributed by atoms with van der Waals surface area (Å²) in [4.78, 5) is 30.6. The molecule has 2 N–H and O–H groups in total. The van der Waals surface area contributed by atoms with Crippen molar-refractivity contribution in [3.05, 3.63) is 47.8 Å². The number of carbonyl (C=O) groups excluding carboxylic acids is 2. The summed E-state index contributed by atoms with van der Waals surface area (Å²) in [7, 11) is 3.44. The first-order chi connectivity index (χ1) is 15.8. The van der Waals surface area contributed by atoms with Crippen LogP contribution in [0.5, 0.6) is 0 Å². The number of hydrogen-bond acceptors (Lipinski definition) is 8. The number of rotatable bonds is 5. The van der Waals surface area contributed by atoms with Gasteiger partial charge in [-0.3, -0.25) is 9.48 Å². The largest absolute Gasteiger partial charge is 0.461 e. The van der Waals surface area contributed by atoms with Gasteiger partial charge in [-0.2, -0.15) is 5.10 Å². The number of esters is 1. The highest BCUT2D eigenvalue weighted by atomic mass is 32.1. The number of carbonyl (C=O) groups is 2. The number of likely N-dealkylation sites (N-methyl/N-ethyl adjacent to an activating group) is 1. The van der Waals surface area contributed by atoms with E-state index in [1.807, 2.05) is 12.1 Å². The normalized spacial score (nSPS) is 17.6. The lowest BCUT2D eigenvalue weighted by molar-refractivity contribution is -0.137. The van der Waals surface area contributed by atoms with E-state index in [0.29, 0.717) is 27.9 Å². The van der Waals surface area contributed by atoms with Crippen molar-refractivity contribution in [3.63, 3.8) is 0 Å². The minimum Gasteiger partial charge on any atom is -0.461 e. The Hall–Kier alpha value is -3.68. The summed E-state index contributed by atoms with van der Waals surface area (Å²) in [5.41, 5.74) is -0.125. The van der Waals surface area contributed by atoms with Crippen molar-refractivity contribution in [2.24, 2.45) is 7.05 Å². The molecule has 1 atom stereocenters. The molecule has 3 heterocycles. The summed E-state index contributed by atoms with van der Waals surface area (Å²) in [6.45, 7) is 2.43. The number of anilines is 2. The minimum absolute atomic E-state index is 0.174. The van der Waals surface area contributed by atoms with Gasteiger partial charge in [-0.05, 0) is 19.1 Å². The van der Waals surface area contributed by atoms with E-state index in [4.69, 9.17) is 4.74 Å². The average molecular weight is 466 g/mol. The van der Waals surface area contributed by atoms with E-state index in [2.05, 4.69) is 27.2 Å². The first-order valence-corrected chi connectivity index (χ1v) is 11.2. The molecule has 33 heavy (non-hydrogen) atoms. The van der Waals surface area contributed by atoms with E-state index in [1.54, 1.807) is 50.1 Å². The van der Waals surface area contributed by atoms with Crippen LogP contribution in [0.2, 0.25) is 0 Å². The van der Waals surface area contributed by atoms with E-state index in [-0.39, 0.29) is 18.7 Å². The molecule has 1 fully saturated rings. The molecule has 1 aliphatic rings. The summed E-state index contributed by atoms with van der Waals surface area (Å²) in [5.74, 6) is 5.28. The Kier molecular flexibility index (Phi) is 6.18.